The fourth-order valence-electron chi connectivity index (χ4n) is 3.13. The molecule has 30 heavy (non-hydrogen) atoms. The summed E-state index contributed by atoms with van der Waals surface area (Å²) in [6, 6.07) is 8.92. The minimum atomic E-state index is -3.97. The molecule has 0 amide bonds. The molecule has 0 saturated carbocycles. The van der Waals surface area contributed by atoms with Crippen LogP contribution < -0.4 is 0 Å². The number of benzene rings is 2. The molecule has 2 aromatic carbocycles. The second kappa shape index (κ2) is 7.66. The third kappa shape index (κ3) is 3.50. The number of aryl methyl sites for hydroxylation is 1. The Bertz CT molecular complexity index is 1360. The van der Waals surface area contributed by atoms with Gasteiger partial charge in [0.2, 0.25) is 0 Å². The molecule has 0 aliphatic heterocycles. The van der Waals surface area contributed by atoms with Crippen LogP contribution in [-0.2, 0) is 23.0 Å². The van der Waals surface area contributed by atoms with Crippen LogP contribution in [0.2, 0.25) is 5.02 Å². The van der Waals surface area contributed by atoms with Crippen LogP contribution in [0.5, 0.6) is 0 Å². The van der Waals surface area contributed by atoms with E-state index in [4.69, 9.17) is 11.6 Å². The van der Waals surface area contributed by atoms with Gasteiger partial charge in [-0.25, -0.2) is 4.39 Å². The standard InChI is InChI=1S/C20H16ClFN4O3S/c1-2-25-12-15(11-23-25)30(28,29)26-18-8-13(6-7-14(18)10-24-26)9-19(27)20-16(21)4-3-5-17(20)22/h3-8,10-12H,2,9H2,1H3. The van der Waals surface area contributed by atoms with Gasteiger partial charge in [-0.2, -0.15) is 22.7 Å². The molecule has 0 saturated heterocycles. The average molecular weight is 447 g/mol. The van der Waals surface area contributed by atoms with Crippen LogP contribution in [0.3, 0.4) is 0 Å². The van der Waals surface area contributed by atoms with Crippen molar-refractivity contribution in [1.29, 1.82) is 0 Å². The quantitative estimate of drug-likeness (QED) is 0.421. The summed E-state index contributed by atoms with van der Waals surface area (Å²) in [4.78, 5) is 12.6. The molecule has 2 heterocycles. The Morgan fingerprint density at radius 3 is 2.67 bits per heavy atom. The van der Waals surface area contributed by atoms with E-state index in [0.29, 0.717) is 23.0 Å². The van der Waals surface area contributed by atoms with Crippen LogP contribution in [0, 0.1) is 5.82 Å². The van der Waals surface area contributed by atoms with Crippen molar-refractivity contribution in [3.8, 4) is 0 Å². The Morgan fingerprint density at radius 2 is 1.97 bits per heavy atom. The number of aromatic nitrogens is 4. The fourth-order valence-corrected chi connectivity index (χ4v) is 4.62. The van der Waals surface area contributed by atoms with Crippen LogP contribution in [0.1, 0.15) is 22.8 Å². The molecular weight excluding hydrogens is 431 g/mol. The van der Waals surface area contributed by atoms with Gasteiger partial charge in [-0.1, -0.05) is 29.8 Å². The number of nitrogens with zero attached hydrogens (tertiary/aromatic N) is 4. The predicted octanol–water partition coefficient (Wildman–Crippen LogP) is 3.71. The maximum absolute atomic E-state index is 14.0. The molecule has 0 spiro atoms. The Morgan fingerprint density at radius 1 is 1.17 bits per heavy atom. The van der Waals surface area contributed by atoms with Crippen molar-refractivity contribution in [2.24, 2.45) is 0 Å². The van der Waals surface area contributed by atoms with Gasteiger partial charge >= 0.3 is 0 Å². The van der Waals surface area contributed by atoms with Crippen LogP contribution in [0.15, 0.2) is 59.9 Å². The van der Waals surface area contributed by atoms with Crippen LogP contribution in [-0.4, -0.2) is 33.2 Å². The summed E-state index contributed by atoms with van der Waals surface area (Å²) in [5.74, 6) is -1.20. The van der Waals surface area contributed by atoms with E-state index in [1.54, 1.807) is 18.2 Å². The summed E-state index contributed by atoms with van der Waals surface area (Å²) in [6.45, 7) is 2.37. The first-order valence-corrected chi connectivity index (χ1v) is 10.8. The maximum Gasteiger partial charge on any atom is 0.286 e. The van der Waals surface area contributed by atoms with Crippen molar-refractivity contribution >= 4 is 38.3 Å². The third-order valence-corrected chi connectivity index (χ3v) is 6.54. The van der Waals surface area contributed by atoms with E-state index in [1.165, 1.54) is 41.5 Å². The lowest BCUT2D eigenvalue weighted by Gasteiger charge is -2.07. The topological polar surface area (TPSA) is 86.9 Å². The molecular formula is C20H16ClFN4O3S. The van der Waals surface area contributed by atoms with Gasteiger partial charge in [0.25, 0.3) is 10.0 Å². The molecule has 0 bridgehead atoms. The molecule has 10 heteroatoms. The number of halogens is 2. The lowest BCUT2D eigenvalue weighted by molar-refractivity contribution is 0.0989. The van der Waals surface area contributed by atoms with Crippen molar-refractivity contribution in [3.63, 3.8) is 0 Å². The van der Waals surface area contributed by atoms with Gasteiger partial charge in [0, 0.05) is 24.5 Å². The molecule has 4 aromatic rings. The van der Waals surface area contributed by atoms with Crippen LogP contribution in [0.25, 0.3) is 10.9 Å². The van der Waals surface area contributed by atoms with Crippen molar-refractivity contribution in [2.45, 2.75) is 24.8 Å². The number of hydrogen-bond acceptors (Lipinski definition) is 5. The minimum Gasteiger partial charge on any atom is -0.294 e. The Balaban J connectivity index is 1.72. The normalized spacial score (nSPS) is 11.8. The van der Waals surface area contributed by atoms with Gasteiger partial charge in [-0.15, -0.1) is 0 Å². The number of ketones is 1. The van der Waals surface area contributed by atoms with Crippen molar-refractivity contribution in [2.75, 3.05) is 0 Å². The largest absolute Gasteiger partial charge is 0.294 e. The highest BCUT2D eigenvalue weighted by atomic mass is 35.5. The summed E-state index contributed by atoms with van der Waals surface area (Å²) >= 11 is 5.97. The zero-order chi connectivity index (χ0) is 21.5. The van der Waals surface area contributed by atoms with Gasteiger partial charge in [0.15, 0.2) is 5.78 Å². The van der Waals surface area contributed by atoms with E-state index in [9.17, 15) is 17.6 Å². The van der Waals surface area contributed by atoms with E-state index in [2.05, 4.69) is 10.2 Å². The second-order valence-electron chi connectivity index (χ2n) is 6.61. The number of carbonyl (C=O) groups is 1. The predicted molar refractivity (Wildman–Crippen MR) is 110 cm³/mol. The highest BCUT2D eigenvalue weighted by Crippen LogP contribution is 2.24. The summed E-state index contributed by atoms with van der Waals surface area (Å²) in [5.41, 5.74) is 0.629. The lowest BCUT2D eigenvalue weighted by Crippen LogP contribution is -2.14. The lowest BCUT2D eigenvalue weighted by atomic mass is 10.0. The van der Waals surface area contributed by atoms with E-state index >= 15 is 0 Å². The number of fused-ring (bicyclic) bond motifs is 1. The molecule has 7 nitrogen and oxygen atoms in total. The minimum absolute atomic E-state index is 0.00830. The SMILES string of the molecule is CCn1cc(S(=O)(=O)n2ncc3ccc(CC(=O)c4c(F)cccc4Cl)cc32)cn1. The Hall–Kier alpha value is -3.04. The van der Waals surface area contributed by atoms with Crippen LogP contribution in [0.4, 0.5) is 4.39 Å². The molecule has 0 radical (unpaired) electrons. The molecule has 0 aliphatic carbocycles. The smallest absolute Gasteiger partial charge is 0.286 e. The monoisotopic (exact) mass is 446 g/mol. The first-order chi connectivity index (χ1) is 14.3. The number of hydrogen-bond donors (Lipinski definition) is 0. The van der Waals surface area contributed by atoms with Gasteiger partial charge in [0.05, 0.1) is 28.5 Å². The molecule has 4 rings (SSSR count). The Labute approximate surface area is 176 Å². The van der Waals surface area contributed by atoms with Crippen molar-refractivity contribution in [1.82, 2.24) is 19.0 Å². The van der Waals surface area contributed by atoms with Gasteiger partial charge < -0.3 is 0 Å². The molecule has 0 unspecified atom stereocenters. The zero-order valence-corrected chi connectivity index (χ0v) is 17.4. The number of carbonyl (C=O) groups excluding carboxylic acids is 1. The van der Waals surface area contributed by atoms with Gasteiger partial charge in [-0.05, 0) is 30.7 Å². The van der Waals surface area contributed by atoms with E-state index in [1.807, 2.05) is 6.92 Å². The third-order valence-electron chi connectivity index (χ3n) is 4.67. The summed E-state index contributed by atoms with van der Waals surface area (Å²) in [6.07, 6.45) is 3.97. The molecule has 154 valence electrons. The first kappa shape index (κ1) is 20.2. The van der Waals surface area contributed by atoms with E-state index < -0.39 is 21.6 Å². The molecule has 2 aromatic heterocycles. The average Bonchev–Trinajstić information content (AvgIpc) is 3.35. The second-order valence-corrected chi connectivity index (χ2v) is 8.79. The number of Topliss-reactive ketones (excluding diaryl/α,β-unsaturated/α-hetero) is 1. The summed E-state index contributed by atoms with van der Waals surface area (Å²) < 4.78 is 42.4. The first-order valence-electron chi connectivity index (χ1n) is 9.03. The maximum atomic E-state index is 14.0. The highest BCUT2D eigenvalue weighted by molar-refractivity contribution is 7.90. The van der Waals surface area contributed by atoms with Crippen molar-refractivity contribution < 1.29 is 17.6 Å². The number of rotatable bonds is 6. The molecule has 0 aliphatic rings. The molecule has 0 N–H and O–H groups in total. The van der Waals surface area contributed by atoms with Gasteiger partial charge in [0.1, 0.15) is 10.7 Å². The molecule has 0 fully saturated rings. The van der Waals surface area contributed by atoms with Gasteiger partial charge in [-0.3, -0.25) is 9.48 Å². The van der Waals surface area contributed by atoms with Crippen molar-refractivity contribution in [3.05, 3.63) is 77.0 Å². The zero-order valence-electron chi connectivity index (χ0n) is 15.8. The summed E-state index contributed by atoms with van der Waals surface area (Å²) in [7, 11) is -3.97. The Kier molecular flexibility index (Phi) is 5.17. The molecule has 0 atom stereocenters. The van der Waals surface area contributed by atoms with E-state index in [0.717, 1.165) is 4.09 Å². The highest BCUT2D eigenvalue weighted by Gasteiger charge is 2.23. The van der Waals surface area contributed by atoms with Crippen LogP contribution >= 0.6 is 11.6 Å². The van der Waals surface area contributed by atoms with E-state index in [-0.39, 0.29) is 21.9 Å². The summed E-state index contributed by atoms with van der Waals surface area (Å²) in [5, 5.41) is 8.63. The fraction of sp³-hybridized carbons (Fsp3) is 0.150.